The van der Waals surface area contributed by atoms with Crippen LogP contribution in [0.2, 0.25) is 0 Å². The first-order chi connectivity index (χ1) is 19.2. The fraction of sp³-hybridized carbons (Fsp3) is 0.379. The second-order valence-corrected chi connectivity index (χ2v) is 10.3. The van der Waals surface area contributed by atoms with E-state index in [4.69, 9.17) is 0 Å². The van der Waals surface area contributed by atoms with Gasteiger partial charge in [0.15, 0.2) is 11.5 Å². The molecule has 40 heavy (non-hydrogen) atoms. The van der Waals surface area contributed by atoms with Gasteiger partial charge in [-0.3, -0.25) is 4.98 Å². The summed E-state index contributed by atoms with van der Waals surface area (Å²) < 4.78 is 32.0. The van der Waals surface area contributed by atoms with E-state index in [1.54, 1.807) is 12.3 Å². The summed E-state index contributed by atoms with van der Waals surface area (Å²) in [5.74, 6) is -2.00. The van der Waals surface area contributed by atoms with Crippen LogP contribution in [0, 0.1) is 11.6 Å². The maximum absolute atomic E-state index is 15.8. The molecule has 11 heteroatoms. The molecule has 1 aromatic carbocycles. The molecule has 1 atom stereocenters. The van der Waals surface area contributed by atoms with Crippen molar-refractivity contribution in [1.82, 2.24) is 24.8 Å². The van der Waals surface area contributed by atoms with E-state index in [1.165, 1.54) is 22.8 Å². The van der Waals surface area contributed by atoms with Crippen molar-refractivity contribution in [2.45, 2.75) is 45.6 Å². The quantitative estimate of drug-likeness (QED) is 0.319. The van der Waals surface area contributed by atoms with E-state index < -0.39 is 34.3 Å². The number of aryl methyl sites for hydroxylation is 1. The lowest BCUT2D eigenvalue weighted by Crippen LogP contribution is -2.50. The van der Waals surface area contributed by atoms with Gasteiger partial charge in [-0.1, -0.05) is 19.9 Å². The summed E-state index contributed by atoms with van der Waals surface area (Å²) in [6, 6.07) is 6.61. The summed E-state index contributed by atoms with van der Waals surface area (Å²) in [5, 5.41) is 23.6. The normalized spacial score (nSPS) is 15.8. The Morgan fingerprint density at radius 3 is 2.67 bits per heavy atom. The van der Waals surface area contributed by atoms with Gasteiger partial charge in [-0.25, -0.2) is 23.1 Å². The Morgan fingerprint density at radius 2 is 1.98 bits per heavy atom. The van der Waals surface area contributed by atoms with Crippen LogP contribution in [0.25, 0.3) is 28.0 Å². The minimum absolute atomic E-state index is 0.0391. The van der Waals surface area contributed by atoms with Gasteiger partial charge in [0.2, 0.25) is 0 Å². The number of aromatic nitrogens is 4. The smallest absolute Gasteiger partial charge is 0.355 e. The molecule has 0 spiro atoms. The van der Waals surface area contributed by atoms with Crippen molar-refractivity contribution in [2.75, 3.05) is 31.1 Å². The Morgan fingerprint density at radius 1 is 1.18 bits per heavy atom. The summed E-state index contributed by atoms with van der Waals surface area (Å²) in [7, 11) is 0. The molecular formula is C29H32F2N6O3. The Labute approximate surface area is 230 Å². The number of nitrogens with zero attached hydrogens (tertiary/aromatic N) is 5. The Balaban J connectivity index is 1.91. The molecule has 1 saturated heterocycles. The van der Waals surface area contributed by atoms with Gasteiger partial charge < -0.3 is 20.4 Å². The number of hydrogen-bond acceptors (Lipinski definition) is 8. The van der Waals surface area contributed by atoms with Gasteiger partial charge in [0.05, 0.1) is 22.3 Å². The van der Waals surface area contributed by atoms with Gasteiger partial charge in [-0.15, -0.1) is 0 Å². The summed E-state index contributed by atoms with van der Waals surface area (Å²) >= 11 is 0. The number of piperazine rings is 1. The molecule has 1 aliphatic heterocycles. The number of halogens is 2. The van der Waals surface area contributed by atoms with Gasteiger partial charge in [-0.2, -0.15) is 4.98 Å². The van der Waals surface area contributed by atoms with Crippen LogP contribution in [0.15, 0.2) is 41.3 Å². The fourth-order valence-corrected chi connectivity index (χ4v) is 5.27. The first-order valence-electron chi connectivity index (χ1n) is 13.4. The van der Waals surface area contributed by atoms with E-state index in [-0.39, 0.29) is 35.4 Å². The van der Waals surface area contributed by atoms with Gasteiger partial charge in [0, 0.05) is 38.5 Å². The average molecular weight is 551 g/mol. The second-order valence-electron chi connectivity index (χ2n) is 10.3. The van der Waals surface area contributed by atoms with Crippen LogP contribution in [0.4, 0.5) is 14.6 Å². The average Bonchev–Trinajstić information content (AvgIpc) is 2.92. The fourth-order valence-electron chi connectivity index (χ4n) is 5.27. The maximum atomic E-state index is 15.8. The number of aromatic hydroxyl groups is 1. The van der Waals surface area contributed by atoms with E-state index in [9.17, 15) is 19.4 Å². The van der Waals surface area contributed by atoms with Crippen LogP contribution in [0.5, 0.6) is 5.75 Å². The zero-order valence-electron chi connectivity index (χ0n) is 22.7. The van der Waals surface area contributed by atoms with E-state index in [2.05, 4.69) is 20.3 Å². The molecule has 3 N–H and O–H groups in total. The number of benzene rings is 1. The third-order valence-corrected chi connectivity index (χ3v) is 7.21. The van der Waals surface area contributed by atoms with Crippen LogP contribution >= 0.6 is 0 Å². The van der Waals surface area contributed by atoms with Crippen molar-refractivity contribution in [3.8, 4) is 22.7 Å². The number of aliphatic hydroxyl groups excluding tert-OH is 1. The number of pyridine rings is 2. The molecule has 0 bridgehead atoms. The monoisotopic (exact) mass is 550 g/mol. The highest BCUT2D eigenvalue weighted by Crippen LogP contribution is 2.36. The molecule has 1 fully saturated rings. The molecule has 0 radical (unpaired) electrons. The van der Waals surface area contributed by atoms with E-state index in [1.807, 2.05) is 25.7 Å². The molecule has 210 valence electrons. The topological polar surface area (TPSA) is 116 Å². The highest BCUT2D eigenvalue weighted by Gasteiger charge is 2.28. The zero-order valence-corrected chi connectivity index (χ0v) is 22.7. The predicted octanol–water partition coefficient (Wildman–Crippen LogP) is 3.67. The molecule has 0 unspecified atom stereocenters. The van der Waals surface area contributed by atoms with Crippen molar-refractivity contribution < 1.29 is 19.0 Å². The summed E-state index contributed by atoms with van der Waals surface area (Å²) in [6.45, 7) is 7.65. The third kappa shape index (κ3) is 4.90. The molecule has 0 aliphatic carbocycles. The standard InChI is InChI=1S/C29H32F2N6O3/c1-16(2)24-26(18(6-5-13-38)9-10-33-24)37-28-19(27(35-29(37)40)36-12-11-32-15-17(36)3)14-21(31)25(34-28)23-20(30)7-4-8-22(23)39/h4,7-10,14,16-17,32,38-39H,5-6,11-13,15H2,1-3H3/t17-/m0/s1. The van der Waals surface area contributed by atoms with Crippen LogP contribution in [-0.2, 0) is 6.42 Å². The van der Waals surface area contributed by atoms with E-state index in [0.717, 1.165) is 11.6 Å². The number of hydrogen-bond donors (Lipinski definition) is 3. The van der Waals surface area contributed by atoms with Gasteiger partial charge in [0.1, 0.15) is 23.1 Å². The number of rotatable bonds is 7. The molecule has 5 rings (SSSR count). The largest absolute Gasteiger partial charge is 0.507 e. The summed E-state index contributed by atoms with van der Waals surface area (Å²) in [6.07, 6.45) is 2.54. The number of anilines is 1. The number of phenolic OH excluding ortho intramolecular Hbond substituents is 1. The van der Waals surface area contributed by atoms with Gasteiger partial charge >= 0.3 is 5.69 Å². The lowest BCUT2D eigenvalue weighted by atomic mass is 10.0. The van der Waals surface area contributed by atoms with Crippen LogP contribution in [-0.4, -0.2) is 62.0 Å². The summed E-state index contributed by atoms with van der Waals surface area (Å²) in [5.41, 5.74) is 0.402. The van der Waals surface area contributed by atoms with Gasteiger partial charge in [-0.05, 0) is 55.5 Å². The van der Waals surface area contributed by atoms with Crippen LogP contribution in [0.3, 0.4) is 0 Å². The minimum atomic E-state index is -0.861. The second kappa shape index (κ2) is 11.3. The molecule has 1 aliphatic rings. The van der Waals surface area contributed by atoms with E-state index in [0.29, 0.717) is 43.9 Å². The highest BCUT2D eigenvalue weighted by atomic mass is 19.1. The number of phenols is 1. The van der Waals surface area contributed by atoms with Crippen molar-refractivity contribution in [1.29, 1.82) is 0 Å². The van der Waals surface area contributed by atoms with Gasteiger partial charge in [0.25, 0.3) is 0 Å². The van der Waals surface area contributed by atoms with Crippen molar-refractivity contribution in [3.05, 3.63) is 69.9 Å². The Hall–Kier alpha value is -3.96. The Kier molecular flexibility index (Phi) is 7.77. The van der Waals surface area contributed by atoms with Crippen molar-refractivity contribution in [2.24, 2.45) is 0 Å². The third-order valence-electron chi connectivity index (χ3n) is 7.21. The molecule has 3 aromatic heterocycles. The number of aliphatic hydroxyl groups is 1. The van der Waals surface area contributed by atoms with Crippen molar-refractivity contribution >= 4 is 16.9 Å². The molecule has 9 nitrogen and oxygen atoms in total. The molecule has 4 heterocycles. The maximum Gasteiger partial charge on any atom is 0.355 e. The van der Waals surface area contributed by atoms with E-state index >= 15 is 4.39 Å². The molecular weight excluding hydrogens is 518 g/mol. The highest BCUT2D eigenvalue weighted by molar-refractivity contribution is 5.91. The molecule has 4 aromatic rings. The number of fused-ring (bicyclic) bond motifs is 1. The first-order valence-corrected chi connectivity index (χ1v) is 13.4. The van der Waals surface area contributed by atoms with Crippen LogP contribution in [0.1, 0.15) is 44.4 Å². The lowest BCUT2D eigenvalue weighted by molar-refractivity contribution is 0.288. The first kappa shape index (κ1) is 27.6. The lowest BCUT2D eigenvalue weighted by Gasteiger charge is -2.35. The van der Waals surface area contributed by atoms with Crippen molar-refractivity contribution in [3.63, 3.8) is 0 Å². The molecule has 0 amide bonds. The minimum Gasteiger partial charge on any atom is -0.507 e. The predicted molar refractivity (Wildman–Crippen MR) is 149 cm³/mol. The summed E-state index contributed by atoms with van der Waals surface area (Å²) in [4.78, 5) is 29.4. The molecule has 0 saturated carbocycles. The number of nitrogens with one attached hydrogen (secondary N) is 1. The van der Waals surface area contributed by atoms with Crippen LogP contribution < -0.4 is 15.9 Å². The Bertz CT molecular complexity index is 1600. The zero-order chi connectivity index (χ0) is 28.6. The SMILES string of the molecule is CC(C)c1nccc(CCCO)c1-n1c(=O)nc(N2CCNC[C@@H]2C)c2cc(F)c(-c3c(O)cccc3F)nc21.